The van der Waals surface area contributed by atoms with E-state index in [-0.39, 0.29) is 23.8 Å². The van der Waals surface area contributed by atoms with Gasteiger partial charge in [-0.25, -0.2) is 4.98 Å². The van der Waals surface area contributed by atoms with Crippen molar-refractivity contribution < 1.29 is 9.90 Å². The van der Waals surface area contributed by atoms with Gasteiger partial charge in [-0.15, -0.1) is 0 Å². The summed E-state index contributed by atoms with van der Waals surface area (Å²) in [5.41, 5.74) is 6.57. The number of amides is 1. The normalized spacial score (nSPS) is 11.9. The number of anilines is 1. The minimum absolute atomic E-state index is 0.0782. The number of nitrogen functional groups attached to an aromatic ring is 1. The number of hydrogen-bond donors (Lipinski definition) is 3. The second-order valence-electron chi connectivity index (χ2n) is 4.21. The van der Waals surface area contributed by atoms with Crippen LogP contribution in [0, 0.1) is 0 Å². The summed E-state index contributed by atoms with van der Waals surface area (Å²) in [6.07, 6.45) is 0.698. The fourth-order valence-electron chi connectivity index (χ4n) is 1.70. The van der Waals surface area contributed by atoms with E-state index in [1.165, 1.54) is 6.20 Å². The summed E-state index contributed by atoms with van der Waals surface area (Å²) in [4.78, 5) is 15.7. The number of nitrogens with zero attached hydrogens (tertiary/aromatic N) is 1. The van der Waals surface area contributed by atoms with Crippen LogP contribution in [0.25, 0.3) is 0 Å². The van der Waals surface area contributed by atoms with E-state index in [0.29, 0.717) is 10.6 Å². The van der Waals surface area contributed by atoms with Crippen LogP contribution in [0.2, 0.25) is 5.02 Å². The van der Waals surface area contributed by atoms with Crippen LogP contribution in [0.3, 0.4) is 0 Å². The number of aliphatic hydroxyl groups is 1. The zero-order valence-electron chi connectivity index (χ0n) is 10.6. The van der Waals surface area contributed by atoms with E-state index in [0.717, 1.165) is 0 Å². The van der Waals surface area contributed by atoms with Gasteiger partial charge in [0.1, 0.15) is 5.82 Å². The van der Waals surface area contributed by atoms with Crippen LogP contribution >= 0.6 is 11.6 Å². The maximum atomic E-state index is 11.9. The van der Waals surface area contributed by atoms with Crippen molar-refractivity contribution in [3.8, 4) is 0 Å². The van der Waals surface area contributed by atoms with Gasteiger partial charge in [-0.3, -0.25) is 4.79 Å². The molecule has 2 rings (SSSR count). The Morgan fingerprint density at radius 3 is 2.70 bits per heavy atom. The van der Waals surface area contributed by atoms with E-state index >= 15 is 0 Å². The Morgan fingerprint density at radius 1 is 1.35 bits per heavy atom. The van der Waals surface area contributed by atoms with E-state index in [1.807, 2.05) is 0 Å². The highest BCUT2D eigenvalue weighted by Gasteiger charge is 2.13. The predicted octanol–water partition coefficient (Wildman–Crippen LogP) is 1.78. The number of aliphatic hydroxyl groups excluding tert-OH is 1. The van der Waals surface area contributed by atoms with Crippen molar-refractivity contribution in [2.24, 2.45) is 0 Å². The molecule has 1 aromatic carbocycles. The van der Waals surface area contributed by atoms with Crippen molar-refractivity contribution in [1.29, 1.82) is 0 Å². The van der Waals surface area contributed by atoms with Crippen molar-refractivity contribution >= 4 is 23.3 Å². The molecule has 4 N–H and O–H groups in total. The molecule has 20 heavy (non-hydrogen) atoms. The van der Waals surface area contributed by atoms with Gasteiger partial charge in [0.2, 0.25) is 0 Å². The maximum Gasteiger partial charge on any atom is 0.255 e. The first-order valence-electron chi connectivity index (χ1n) is 6.00. The number of halogens is 1. The molecule has 1 heterocycles. The Hall–Kier alpha value is -2.11. The van der Waals surface area contributed by atoms with Gasteiger partial charge in [0, 0.05) is 17.8 Å². The van der Waals surface area contributed by atoms with Crippen molar-refractivity contribution in [2.75, 3.05) is 12.3 Å². The third kappa shape index (κ3) is 3.46. The van der Waals surface area contributed by atoms with Crippen LogP contribution in [-0.2, 0) is 0 Å². The van der Waals surface area contributed by atoms with Crippen LogP contribution in [-0.4, -0.2) is 22.5 Å². The molecule has 0 radical (unpaired) electrons. The summed E-state index contributed by atoms with van der Waals surface area (Å²) >= 11 is 5.77. The smallest absolute Gasteiger partial charge is 0.255 e. The summed E-state index contributed by atoms with van der Waals surface area (Å²) in [5, 5.41) is 13.2. The van der Waals surface area contributed by atoms with Gasteiger partial charge >= 0.3 is 0 Å². The molecule has 0 fully saturated rings. The zero-order valence-corrected chi connectivity index (χ0v) is 11.3. The third-order valence-corrected chi connectivity index (χ3v) is 3.05. The van der Waals surface area contributed by atoms with Gasteiger partial charge in [-0.1, -0.05) is 23.7 Å². The second-order valence-corrected chi connectivity index (χ2v) is 4.65. The number of carbonyl (C=O) groups excluding carboxylic acids is 1. The minimum atomic E-state index is -0.811. The van der Waals surface area contributed by atoms with E-state index in [4.69, 9.17) is 17.3 Å². The number of hydrogen-bond acceptors (Lipinski definition) is 4. The largest absolute Gasteiger partial charge is 0.387 e. The Bertz CT molecular complexity index is 602. The number of nitrogens with two attached hydrogens (primary N) is 1. The summed E-state index contributed by atoms with van der Waals surface area (Å²) < 4.78 is 0. The molecule has 1 aromatic heterocycles. The molecule has 2 aromatic rings. The van der Waals surface area contributed by atoms with Crippen molar-refractivity contribution in [3.05, 3.63) is 58.7 Å². The lowest BCUT2D eigenvalue weighted by molar-refractivity contribution is 0.0917. The van der Waals surface area contributed by atoms with Gasteiger partial charge < -0.3 is 16.2 Å². The van der Waals surface area contributed by atoms with E-state index in [2.05, 4.69) is 10.3 Å². The third-order valence-electron chi connectivity index (χ3n) is 2.79. The molecule has 0 saturated heterocycles. The van der Waals surface area contributed by atoms with Crippen molar-refractivity contribution in [1.82, 2.24) is 10.3 Å². The molecule has 1 atom stereocenters. The highest BCUT2D eigenvalue weighted by Crippen LogP contribution is 2.16. The molecule has 6 heteroatoms. The van der Waals surface area contributed by atoms with E-state index in [1.54, 1.807) is 36.4 Å². The Labute approximate surface area is 121 Å². The summed E-state index contributed by atoms with van der Waals surface area (Å²) in [6, 6.07) is 9.98. The van der Waals surface area contributed by atoms with Gasteiger partial charge in [-0.05, 0) is 29.8 Å². The molecule has 0 spiro atoms. The van der Waals surface area contributed by atoms with E-state index in [9.17, 15) is 9.90 Å². The number of pyridine rings is 1. The van der Waals surface area contributed by atoms with Gasteiger partial charge in [0.15, 0.2) is 0 Å². The fraction of sp³-hybridized carbons (Fsp3) is 0.143. The zero-order chi connectivity index (χ0) is 14.5. The highest BCUT2D eigenvalue weighted by molar-refractivity contribution is 6.30. The quantitative estimate of drug-likeness (QED) is 0.801. The highest BCUT2D eigenvalue weighted by atomic mass is 35.5. The molecule has 0 aliphatic rings. The standard InChI is InChI=1S/C14H14ClN3O2/c15-10-5-3-9(4-6-10)12(19)8-18-14(20)11-2-1-7-17-13(11)16/h1-7,12,19H,8H2,(H2,16,17)(H,18,20). The molecular weight excluding hydrogens is 278 g/mol. The second kappa shape index (κ2) is 6.36. The SMILES string of the molecule is Nc1ncccc1C(=O)NCC(O)c1ccc(Cl)cc1. The van der Waals surface area contributed by atoms with Crippen LogP contribution < -0.4 is 11.1 Å². The van der Waals surface area contributed by atoms with Crippen molar-refractivity contribution in [2.45, 2.75) is 6.10 Å². The number of aromatic nitrogens is 1. The average molecular weight is 292 g/mol. The number of benzene rings is 1. The summed E-state index contributed by atoms with van der Waals surface area (Å²) in [5.74, 6) is -0.213. The van der Waals surface area contributed by atoms with Crippen LogP contribution in [0.5, 0.6) is 0 Å². The number of nitrogens with one attached hydrogen (secondary N) is 1. The molecule has 1 unspecified atom stereocenters. The Balaban J connectivity index is 1.97. The first-order chi connectivity index (χ1) is 9.58. The van der Waals surface area contributed by atoms with Crippen LogP contribution in [0.1, 0.15) is 22.0 Å². The fourth-order valence-corrected chi connectivity index (χ4v) is 1.82. The molecule has 5 nitrogen and oxygen atoms in total. The number of carbonyl (C=O) groups is 1. The monoisotopic (exact) mass is 291 g/mol. The molecule has 0 aliphatic carbocycles. The lowest BCUT2D eigenvalue weighted by atomic mass is 10.1. The Kier molecular flexibility index (Phi) is 4.55. The van der Waals surface area contributed by atoms with E-state index < -0.39 is 6.10 Å². The minimum Gasteiger partial charge on any atom is -0.387 e. The lowest BCUT2D eigenvalue weighted by Gasteiger charge is -2.12. The molecule has 0 bridgehead atoms. The molecule has 0 saturated carbocycles. The molecule has 0 aliphatic heterocycles. The van der Waals surface area contributed by atoms with Crippen LogP contribution in [0.15, 0.2) is 42.6 Å². The van der Waals surface area contributed by atoms with Crippen LogP contribution in [0.4, 0.5) is 5.82 Å². The summed E-state index contributed by atoms with van der Waals surface area (Å²) in [7, 11) is 0. The Morgan fingerprint density at radius 2 is 2.05 bits per heavy atom. The lowest BCUT2D eigenvalue weighted by Crippen LogP contribution is -2.29. The van der Waals surface area contributed by atoms with Gasteiger partial charge in [0.25, 0.3) is 5.91 Å². The molecule has 104 valence electrons. The molecular formula is C14H14ClN3O2. The van der Waals surface area contributed by atoms with Gasteiger partial charge in [-0.2, -0.15) is 0 Å². The molecule has 1 amide bonds. The topological polar surface area (TPSA) is 88.2 Å². The first-order valence-corrected chi connectivity index (χ1v) is 6.38. The number of rotatable bonds is 4. The van der Waals surface area contributed by atoms with Gasteiger partial charge in [0.05, 0.1) is 11.7 Å². The maximum absolute atomic E-state index is 11.9. The average Bonchev–Trinajstić information content (AvgIpc) is 2.45. The first kappa shape index (κ1) is 14.3. The van der Waals surface area contributed by atoms with Crippen molar-refractivity contribution in [3.63, 3.8) is 0 Å². The summed E-state index contributed by atoms with van der Waals surface area (Å²) in [6.45, 7) is 0.0782. The predicted molar refractivity (Wildman–Crippen MR) is 77.4 cm³/mol.